The average molecular weight is 202 g/mol. The van der Waals surface area contributed by atoms with Crippen LogP contribution in [-0.2, 0) is 7.05 Å². The van der Waals surface area contributed by atoms with E-state index in [9.17, 15) is 0 Å². The third-order valence-corrected chi connectivity index (χ3v) is 2.47. The van der Waals surface area contributed by atoms with Crippen LogP contribution in [0.2, 0.25) is 0 Å². The molecule has 0 atom stereocenters. The third-order valence-electron chi connectivity index (χ3n) is 2.47. The van der Waals surface area contributed by atoms with E-state index < -0.39 is 0 Å². The topological polar surface area (TPSA) is 56.7 Å². The van der Waals surface area contributed by atoms with Gasteiger partial charge in [0, 0.05) is 18.3 Å². The first-order valence-corrected chi connectivity index (χ1v) is 4.81. The summed E-state index contributed by atoms with van der Waals surface area (Å²) in [5.74, 6) is 0. The number of hydrogen-bond acceptors (Lipinski definition) is 3. The summed E-state index contributed by atoms with van der Waals surface area (Å²) >= 11 is 0. The fourth-order valence-electron chi connectivity index (χ4n) is 1.62. The molecule has 1 heterocycles. The van der Waals surface area contributed by atoms with E-state index in [-0.39, 0.29) is 0 Å². The highest BCUT2D eigenvalue weighted by molar-refractivity contribution is 5.70. The SMILES string of the molecule is Cc1cc(N)c(C)c(-c2cnn(C)n2)c1. The predicted octanol–water partition coefficient (Wildman–Crippen LogP) is 1.68. The van der Waals surface area contributed by atoms with Gasteiger partial charge in [0.25, 0.3) is 0 Å². The van der Waals surface area contributed by atoms with Crippen LogP contribution in [0.15, 0.2) is 18.3 Å². The summed E-state index contributed by atoms with van der Waals surface area (Å²) in [4.78, 5) is 1.55. The molecule has 0 radical (unpaired) electrons. The maximum atomic E-state index is 5.91. The second-order valence-electron chi connectivity index (χ2n) is 3.75. The van der Waals surface area contributed by atoms with Crippen molar-refractivity contribution in [3.8, 4) is 11.3 Å². The Morgan fingerprint density at radius 2 is 2.00 bits per heavy atom. The molecule has 0 saturated heterocycles. The minimum absolute atomic E-state index is 0.802. The number of nitrogens with zero attached hydrogens (tertiary/aromatic N) is 3. The minimum Gasteiger partial charge on any atom is -0.398 e. The van der Waals surface area contributed by atoms with E-state index in [1.807, 2.05) is 19.9 Å². The Labute approximate surface area is 88.7 Å². The van der Waals surface area contributed by atoms with Crippen LogP contribution in [-0.4, -0.2) is 15.0 Å². The molecule has 4 nitrogen and oxygen atoms in total. The molecule has 0 spiro atoms. The summed E-state index contributed by atoms with van der Waals surface area (Å²) in [7, 11) is 1.80. The maximum Gasteiger partial charge on any atom is 0.113 e. The van der Waals surface area contributed by atoms with Crippen LogP contribution >= 0.6 is 0 Å². The summed E-state index contributed by atoms with van der Waals surface area (Å²) in [6, 6.07) is 4.05. The molecule has 15 heavy (non-hydrogen) atoms. The molecule has 2 N–H and O–H groups in total. The third kappa shape index (κ3) is 1.70. The lowest BCUT2D eigenvalue weighted by molar-refractivity contribution is 0.655. The van der Waals surface area contributed by atoms with Gasteiger partial charge in [-0.25, -0.2) is 0 Å². The van der Waals surface area contributed by atoms with Crippen molar-refractivity contribution in [2.24, 2.45) is 7.05 Å². The number of aryl methyl sites for hydroxylation is 2. The van der Waals surface area contributed by atoms with Crippen LogP contribution < -0.4 is 5.73 Å². The molecular weight excluding hydrogens is 188 g/mol. The van der Waals surface area contributed by atoms with Gasteiger partial charge < -0.3 is 5.73 Å². The summed E-state index contributed by atoms with van der Waals surface area (Å²) in [5.41, 5.74) is 10.8. The summed E-state index contributed by atoms with van der Waals surface area (Å²) < 4.78 is 0. The van der Waals surface area contributed by atoms with Crippen molar-refractivity contribution in [2.75, 3.05) is 5.73 Å². The van der Waals surface area contributed by atoms with Gasteiger partial charge in [0.05, 0.1) is 6.20 Å². The van der Waals surface area contributed by atoms with Gasteiger partial charge in [0.2, 0.25) is 0 Å². The number of benzene rings is 1. The summed E-state index contributed by atoms with van der Waals surface area (Å²) in [6.45, 7) is 4.02. The normalized spacial score (nSPS) is 10.6. The number of anilines is 1. The zero-order valence-corrected chi connectivity index (χ0v) is 9.15. The zero-order valence-electron chi connectivity index (χ0n) is 9.15. The smallest absolute Gasteiger partial charge is 0.113 e. The van der Waals surface area contributed by atoms with Gasteiger partial charge >= 0.3 is 0 Å². The zero-order chi connectivity index (χ0) is 11.0. The maximum absolute atomic E-state index is 5.91. The highest BCUT2D eigenvalue weighted by Gasteiger charge is 2.08. The van der Waals surface area contributed by atoms with Gasteiger partial charge in [-0.05, 0) is 37.1 Å². The Hall–Kier alpha value is -1.84. The van der Waals surface area contributed by atoms with Crippen molar-refractivity contribution >= 4 is 5.69 Å². The van der Waals surface area contributed by atoms with Crippen molar-refractivity contribution in [3.63, 3.8) is 0 Å². The molecule has 0 aliphatic carbocycles. The first kappa shape index (κ1) is 9.71. The van der Waals surface area contributed by atoms with E-state index in [1.165, 1.54) is 0 Å². The highest BCUT2D eigenvalue weighted by Crippen LogP contribution is 2.26. The quantitative estimate of drug-likeness (QED) is 0.716. The molecule has 0 unspecified atom stereocenters. The fourth-order valence-corrected chi connectivity index (χ4v) is 1.62. The predicted molar refractivity (Wildman–Crippen MR) is 60.3 cm³/mol. The fraction of sp³-hybridized carbons (Fsp3) is 0.273. The molecule has 0 bridgehead atoms. The van der Waals surface area contributed by atoms with Gasteiger partial charge in [0.15, 0.2) is 0 Å². The molecule has 2 rings (SSSR count). The summed E-state index contributed by atoms with van der Waals surface area (Å²) in [6.07, 6.45) is 1.75. The van der Waals surface area contributed by atoms with Gasteiger partial charge in [-0.1, -0.05) is 0 Å². The number of nitrogens with two attached hydrogens (primary N) is 1. The lowest BCUT2D eigenvalue weighted by atomic mass is 10.0. The van der Waals surface area contributed by atoms with Gasteiger partial charge in [-0.15, -0.1) is 0 Å². The Balaban J connectivity index is 2.62. The van der Waals surface area contributed by atoms with E-state index in [0.717, 1.165) is 28.1 Å². The van der Waals surface area contributed by atoms with E-state index in [4.69, 9.17) is 5.73 Å². The van der Waals surface area contributed by atoms with E-state index in [1.54, 1.807) is 18.0 Å². The van der Waals surface area contributed by atoms with Crippen LogP contribution in [0.4, 0.5) is 5.69 Å². The minimum atomic E-state index is 0.802. The van der Waals surface area contributed by atoms with Crippen LogP contribution in [0.5, 0.6) is 0 Å². The largest absolute Gasteiger partial charge is 0.398 e. The average Bonchev–Trinajstić information content (AvgIpc) is 2.58. The molecule has 4 heteroatoms. The van der Waals surface area contributed by atoms with Crippen molar-refractivity contribution in [3.05, 3.63) is 29.5 Å². The standard InChI is InChI=1S/C11H14N4/c1-7-4-9(8(2)10(12)5-7)11-6-13-15(3)14-11/h4-6H,12H2,1-3H3. The number of nitrogen functional groups attached to an aromatic ring is 1. The first-order valence-electron chi connectivity index (χ1n) is 4.81. The molecule has 2 aromatic rings. The molecule has 1 aromatic heterocycles. The van der Waals surface area contributed by atoms with E-state index >= 15 is 0 Å². The first-order chi connectivity index (χ1) is 7.08. The number of rotatable bonds is 1. The van der Waals surface area contributed by atoms with Crippen molar-refractivity contribution in [1.82, 2.24) is 15.0 Å². The van der Waals surface area contributed by atoms with Crippen LogP contribution in [0.1, 0.15) is 11.1 Å². The number of hydrogen-bond donors (Lipinski definition) is 1. The molecule has 0 aliphatic heterocycles. The van der Waals surface area contributed by atoms with Crippen molar-refractivity contribution in [1.29, 1.82) is 0 Å². The molecule has 0 amide bonds. The summed E-state index contributed by atoms with van der Waals surface area (Å²) in [5, 5.41) is 8.33. The second kappa shape index (κ2) is 3.38. The Morgan fingerprint density at radius 1 is 1.27 bits per heavy atom. The molecule has 0 fully saturated rings. The van der Waals surface area contributed by atoms with Crippen molar-refractivity contribution < 1.29 is 0 Å². The van der Waals surface area contributed by atoms with Crippen molar-refractivity contribution in [2.45, 2.75) is 13.8 Å². The van der Waals surface area contributed by atoms with Gasteiger partial charge in [-0.2, -0.15) is 15.0 Å². The highest BCUT2D eigenvalue weighted by atomic mass is 15.4. The van der Waals surface area contributed by atoms with Gasteiger partial charge in [0.1, 0.15) is 5.69 Å². The molecule has 78 valence electrons. The van der Waals surface area contributed by atoms with Gasteiger partial charge in [-0.3, -0.25) is 0 Å². The molecule has 0 aliphatic rings. The molecule has 0 saturated carbocycles. The number of aromatic nitrogens is 3. The Bertz CT molecular complexity index is 499. The molecular formula is C11H14N4. The van der Waals surface area contributed by atoms with E-state index in [2.05, 4.69) is 16.3 Å². The lowest BCUT2D eigenvalue weighted by Crippen LogP contribution is -1.96. The van der Waals surface area contributed by atoms with Crippen LogP contribution in [0, 0.1) is 13.8 Å². The van der Waals surface area contributed by atoms with Crippen LogP contribution in [0.3, 0.4) is 0 Å². The Morgan fingerprint density at radius 3 is 2.60 bits per heavy atom. The van der Waals surface area contributed by atoms with E-state index in [0.29, 0.717) is 0 Å². The lowest BCUT2D eigenvalue weighted by Gasteiger charge is -2.07. The second-order valence-corrected chi connectivity index (χ2v) is 3.75. The molecule has 1 aromatic carbocycles. The van der Waals surface area contributed by atoms with Crippen LogP contribution in [0.25, 0.3) is 11.3 Å². The monoisotopic (exact) mass is 202 g/mol. The Kier molecular flexibility index (Phi) is 2.19.